The Morgan fingerprint density at radius 2 is 1.59 bits per heavy atom. The first kappa shape index (κ1) is 35.6. The monoisotopic (exact) mass is 689 g/mol. The van der Waals surface area contributed by atoms with Gasteiger partial charge in [-0.1, -0.05) is 25.0 Å². The molecule has 1 saturated heterocycles. The molecule has 6 rings (SSSR count). The average molecular weight is 691 g/mol. The number of nitrogens with zero attached hydrogens (tertiary/aromatic N) is 5. The van der Waals surface area contributed by atoms with Crippen LogP contribution in [0, 0.1) is 0 Å². The van der Waals surface area contributed by atoms with E-state index in [1.54, 1.807) is 0 Å². The lowest BCUT2D eigenvalue weighted by atomic mass is 9.92. The highest BCUT2D eigenvalue weighted by Gasteiger charge is 2.33. The Hall–Kier alpha value is -3.27. The lowest BCUT2D eigenvalue weighted by Crippen LogP contribution is -2.41. The lowest BCUT2D eigenvalue weighted by Gasteiger charge is -2.31. The summed E-state index contributed by atoms with van der Waals surface area (Å²) in [5.74, 6) is 0.722. The van der Waals surface area contributed by atoms with Crippen molar-refractivity contribution in [2.75, 3.05) is 29.0 Å². The van der Waals surface area contributed by atoms with Crippen molar-refractivity contribution < 1.29 is 27.5 Å². The third-order valence-corrected chi connectivity index (χ3v) is 8.60. The number of halogens is 5. The van der Waals surface area contributed by atoms with Crippen LogP contribution in [-0.4, -0.2) is 68.3 Å². The largest absolute Gasteiger partial charge is 0.573 e. The number of imidazole rings is 1. The van der Waals surface area contributed by atoms with E-state index < -0.39 is 18.2 Å². The molecule has 0 bridgehead atoms. The molecule has 1 amide bonds. The Labute approximate surface area is 277 Å². The van der Waals surface area contributed by atoms with Crippen molar-refractivity contribution in [3.8, 4) is 5.75 Å². The van der Waals surface area contributed by atoms with Gasteiger partial charge in [0.05, 0.1) is 12.0 Å². The van der Waals surface area contributed by atoms with Gasteiger partial charge in [-0.25, -0.2) is 9.78 Å². The quantitative estimate of drug-likeness (QED) is 0.210. The highest BCUT2D eigenvalue weighted by molar-refractivity contribution is 5.87. The Kier molecular flexibility index (Phi) is 12.0. The number of piperidine rings is 1. The van der Waals surface area contributed by atoms with Gasteiger partial charge in [-0.15, -0.1) is 43.0 Å². The Balaban J connectivity index is 0.00000240. The smallest absolute Gasteiger partial charge is 0.404 e. The predicted molar refractivity (Wildman–Crippen MR) is 173 cm³/mol. The van der Waals surface area contributed by atoms with Crippen LogP contribution in [0.3, 0.4) is 0 Å². The molecule has 0 spiro atoms. The van der Waals surface area contributed by atoms with E-state index in [2.05, 4.69) is 25.3 Å². The van der Waals surface area contributed by atoms with Crippen LogP contribution < -0.4 is 26.4 Å². The van der Waals surface area contributed by atoms with Crippen molar-refractivity contribution in [3.05, 3.63) is 30.6 Å². The zero-order valence-corrected chi connectivity index (χ0v) is 26.8. The van der Waals surface area contributed by atoms with E-state index in [9.17, 15) is 18.0 Å². The highest BCUT2D eigenvalue weighted by Crippen LogP contribution is 2.34. The second-order valence-electron chi connectivity index (χ2n) is 11.8. The number of rotatable bonds is 8. The summed E-state index contributed by atoms with van der Waals surface area (Å²) in [6, 6.07) is 6.22. The average Bonchev–Trinajstić information content (AvgIpc) is 3.66. The minimum absolute atomic E-state index is 0. The molecule has 1 aromatic carbocycles. The molecule has 254 valence electrons. The molecular weight excluding hydrogens is 650 g/mol. The number of alkyl halides is 3. The minimum atomic E-state index is -4.89. The third kappa shape index (κ3) is 8.96. The van der Waals surface area contributed by atoms with Gasteiger partial charge in [0.2, 0.25) is 5.95 Å². The number of fused-ring (bicyclic) bond motifs is 1. The zero-order valence-electron chi connectivity index (χ0n) is 25.2. The van der Waals surface area contributed by atoms with Crippen molar-refractivity contribution in [1.82, 2.24) is 24.6 Å². The lowest BCUT2D eigenvalue weighted by molar-refractivity contribution is -0.274. The molecule has 3 heterocycles. The predicted octanol–water partition coefficient (Wildman–Crippen LogP) is 6.41. The van der Waals surface area contributed by atoms with Gasteiger partial charge in [0, 0.05) is 37.3 Å². The number of nitrogens with one attached hydrogen (secondary N) is 3. The number of amides is 1. The van der Waals surface area contributed by atoms with Gasteiger partial charge in [0.1, 0.15) is 0 Å². The van der Waals surface area contributed by atoms with Crippen LogP contribution in [0.4, 0.5) is 35.4 Å². The first-order chi connectivity index (χ1) is 21.2. The molecular formula is C29H40Cl2F3N9O3. The van der Waals surface area contributed by atoms with Gasteiger partial charge in [0.15, 0.2) is 22.7 Å². The number of anilines is 3. The Morgan fingerprint density at radius 1 is 0.913 bits per heavy atom. The normalized spacial score (nSPS) is 21.2. The summed E-state index contributed by atoms with van der Waals surface area (Å²) in [5, 5.41) is 10.9. The van der Waals surface area contributed by atoms with Gasteiger partial charge in [0.25, 0.3) is 0 Å². The van der Waals surface area contributed by atoms with Crippen molar-refractivity contribution in [3.63, 3.8) is 0 Å². The highest BCUT2D eigenvalue weighted by atomic mass is 35.5. The number of hydroxylamine groups is 2. The summed E-state index contributed by atoms with van der Waals surface area (Å²) < 4.78 is 44.3. The standard InChI is InChI=1S/C29H38F3N9O3.2ClH/c30-29(31,32)43-23-8-4-3-7-22(23)37-28(42)44-40-15-13-20(14-16-40)35-25-24-26(41(17-34-24)21-5-1-2-6-21)39-27(38-25)36-19-11-9-18(33)10-12-19;;/h3-4,7-8,17-21H,1-2,5-6,9-16,33H2,(H,37,42)(H2,35,36,38,39);2*1H. The molecule has 17 heteroatoms. The van der Waals surface area contributed by atoms with Crippen LogP contribution in [0.25, 0.3) is 11.2 Å². The second kappa shape index (κ2) is 15.5. The number of ether oxygens (including phenoxy) is 1. The van der Waals surface area contributed by atoms with Gasteiger partial charge in [-0.3, -0.25) is 5.32 Å². The first-order valence-electron chi connectivity index (χ1n) is 15.3. The fraction of sp³-hybridized carbons (Fsp3) is 0.586. The molecule has 2 aromatic heterocycles. The van der Waals surface area contributed by atoms with Gasteiger partial charge < -0.3 is 30.5 Å². The summed E-state index contributed by atoms with van der Waals surface area (Å²) in [5.41, 5.74) is 7.51. The number of nitrogens with two attached hydrogens (primary N) is 1. The molecule has 3 fully saturated rings. The Morgan fingerprint density at radius 3 is 2.28 bits per heavy atom. The van der Waals surface area contributed by atoms with E-state index in [-0.39, 0.29) is 48.6 Å². The van der Waals surface area contributed by atoms with Crippen molar-refractivity contribution >= 4 is 59.5 Å². The van der Waals surface area contributed by atoms with Crippen LogP contribution in [0.15, 0.2) is 30.6 Å². The molecule has 2 aliphatic carbocycles. The maximum Gasteiger partial charge on any atom is 0.573 e. The van der Waals surface area contributed by atoms with E-state index in [4.69, 9.17) is 25.5 Å². The fourth-order valence-electron chi connectivity index (χ4n) is 6.30. The van der Waals surface area contributed by atoms with Crippen molar-refractivity contribution in [2.45, 2.75) is 94.7 Å². The zero-order chi connectivity index (χ0) is 30.7. The van der Waals surface area contributed by atoms with Crippen LogP contribution >= 0.6 is 24.8 Å². The molecule has 5 N–H and O–H groups in total. The summed E-state index contributed by atoms with van der Waals surface area (Å²) in [6.07, 6.45) is 5.85. The number of aromatic nitrogens is 4. The number of para-hydroxylation sites is 2. The third-order valence-electron chi connectivity index (χ3n) is 8.60. The SMILES string of the molecule is Cl.Cl.NC1CCC(Nc2nc(NC3CCN(OC(=O)Nc4ccccc4OC(F)(F)F)CC3)c3ncn(C4CCCC4)c3n2)CC1. The number of carbonyl (C=O) groups is 1. The fourth-order valence-corrected chi connectivity index (χ4v) is 6.30. The molecule has 3 aliphatic rings. The number of carbonyl (C=O) groups excluding carboxylic acids is 1. The minimum Gasteiger partial charge on any atom is -0.404 e. The second-order valence-corrected chi connectivity index (χ2v) is 11.8. The topological polar surface area (TPSA) is 144 Å². The summed E-state index contributed by atoms with van der Waals surface area (Å²) in [7, 11) is 0. The molecule has 1 aliphatic heterocycles. The van der Waals surface area contributed by atoms with E-state index >= 15 is 0 Å². The van der Waals surface area contributed by atoms with E-state index in [0.717, 1.165) is 55.8 Å². The molecule has 0 unspecified atom stereocenters. The van der Waals surface area contributed by atoms with Crippen LogP contribution in [0.2, 0.25) is 0 Å². The molecule has 2 saturated carbocycles. The Bertz CT molecular complexity index is 1440. The van der Waals surface area contributed by atoms with Crippen molar-refractivity contribution in [1.29, 1.82) is 0 Å². The summed E-state index contributed by atoms with van der Waals surface area (Å²) >= 11 is 0. The summed E-state index contributed by atoms with van der Waals surface area (Å²) in [4.78, 5) is 32.3. The molecule has 0 atom stereocenters. The van der Waals surface area contributed by atoms with Gasteiger partial charge in [-0.05, 0) is 63.5 Å². The number of hydrogen-bond donors (Lipinski definition) is 4. The maximum absolute atomic E-state index is 12.7. The van der Waals surface area contributed by atoms with E-state index in [1.807, 2.05) is 6.33 Å². The maximum atomic E-state index is 12.7. The first-order valence-corrected chi connectivity index (χ1v) is 15.3. The van der Waals surface area contributed by atoms with E-state index in [1.165, 1.54) is 36.1 Å². The van der Waals surface area contributed by atoms with Crippen LogP contribution in [0.5, 0.6) is 5.75 Å². The van der Waals surface area contributed by atoms with Crippen molar-refractivity contribution in [2.24, 2.45) is 5.73 Å². The van der Waals surface area contributed by atoms with Gasteiger partial charge in [-0.2, -0.15) is 9.97 Å². The molecule has 12 nitrogen and oxygen atoms in total. The number of hydrogen-bond acceptors (Lipinski definition) is 10. The molecule has 46 heavy (non-hydrogen) atoms. The summed E-state index contributed by atoms with van der Waals surface area (Å²) in [6.45, 7) is 0.841. The number of benzene rings is 1. The van der Waals surface area contributed by atoms with Crippen LogP contribution in [0.1, 0.15) is 70.3 Å². The molecule has 0 radical (unpaired) electrons. The van der Waals surface area contributed by atoms with Gasteiger partial charge >= 0.3 is 12.5 Å². The van der Waals surface area contributed by atoms with E-state index in [0.29, 0.717) is 43.7 Å². The molecule has 3 aromatic rings. The van der Waals surface area contributed by atoms with Crippen LogP contribution in [-0.2, 0) is 4.84 Å².